The fourth-order valence-electron chi connectivity index (χ4n) is 3.89. The van der Waals surface area contributed by atoms with Crippen LogP contribution in [-0.4, -0.2) is 30.3 Å². The number of nitrogens with zero attached hydrogens (tertiary/aromatic N) is 5. The van der Waals surface area contributed by atoms with Crippen LogP contribution in [0, 0.1) is 0 Å². The predicted molar refractivity (Wildman–Crippen MR) is 120 cm³/mol. The van der Waals surface area contributed by atoms with Gasteiger partial charge in [0.05, 0.1) is 17.9 Å². The molecule has 0 saturated heterocycles. The summed E-state index contributed by atoms with van der Waals surface area (Å²) in [6.45, 7) is 8.29. The van der Waals surface area contributed by atoms with Crippen molar-refractivity contribution in [2.24, 2.45) is 0 Å². The smallest absolute Gasteiger partial charge is 0.284 e. The van der Waals surface area contributed by atoms with E-state index in [1.54, 1.807) is 15.4 Å². The minimum atomic E-state index is -2.77. The molecule has 4 rings (SSSR count). The molecule has 32 heavy (non-hydrogen) atoms. The Morgan fingerprint density at radius 3 is 2.53 bits per heavy atom. The summed E-state index contributed by atoms with van der Waals surface area (Å²) in [6.07, 6.45) is 8.12. The normalized spacial score (nSPS) is 14.6. The molecule has 0 aromatic carbocycles. The Hall–Kier alpha value is -2.84. The van der Waals surface area contributed by atoms with Crippen molar-refractivity contribution in [2.75, 3.05) is 5.32 Å². The van der Waals surface area contributed by atoms with E-state index < -0.39 is 18.0 Å². The third kappa shape index (κ3) is 5.14. The summed E-state index contributed by atoms with van der Waals surface area (Å²) in [7, 11) is 0. The van der Waals surface area contributed by atoms with Crippen LogP contribution in [-0.2, 0) is 0 Å². The lowest BCUT2D eigenvalue weighted by Gasteiger charge is -2.21. The van der Waals surface area contributed by atoms with Crippen LogP contribution >= 0.6 is 0 Å². The molecule has 1 N–H and O–H groups in total. The van der Waals surface area contributed by atoms with Crippen LogP contribution < -0.4 is 5.32 Å². The van der Waals surface area contributed by atoms with E-state index in [0.29, 0.717) is 5.65 Å². The Labute approximate surface area is 187 Å². The summed E-state index contributed by atoms with van der Waals surface area (Å²) >= 11 is 0. The Morgan fingerprint density at radius 1 is 1.22 bits per heavy atom. The molecule has 174 valence electrons. The van der Waals surface area contributed by atoms with Crippen LogP contribution in [0.1, 0.15) is 106 Å². The van der Waals surface area contributed by atoms with Gasteiger partial charge in [-0.3, -0.25) is 9.48 Å². The number of amides is 1. The van der Waals surface area contributed by atoms with Gasteiger partial charge in [-0.15, -0.1) is 0 Å². The first-order chi connectivity index (χ1) is 15.4. The Bertz CT molecular complexity index is 1040. The summed E-state index contributed by atoms with van der Waals surface area (Å²) < 4.78 is 30.3. The molecule has 3 heterocycles. The summed E-state index contributed by atoms with van der Waals surface area (Å²) in [5, 5.41) is 10.9. The average Bonchev–Trinajstić information content (AvgIpc) is 3.39. The Morgan fingerprint density at radius 2 is 1.91 bits per heavy atom. The lowest BCUT2D eigenvalue weighted by molar-refractivity contribution is 0.102. The molecule has 9 heteroatoms. The first kappa shape index (κ1) is 23.8. The van der Waals surface area contributed by atoms with Gasteiger partial charge in [-0.1, -0.05) is 53.4 Å². The van der Waals surface area contributed by atoms with Crippen molar-refractivity contribution in [3.05, 3.63) is 41.6 Å². The number of nitrogens with one attached hydrogen (secondary N) is 1. The highest BCUT2D eigenvalue weighted by molar-refractivity contribution is 6.08. The lowest BCUT2D eigenvalue weighted by Crippen LogP contribution is -2.14. The lowest BCUT2D eigenvalue weighted by atomic mass is 9.96. The fraction of sp³-hybridized carbons (Fsp3) is 0.565. The van der Waals surface area contributed by atoms with Gasteiger partial charge in [-0.2, -0.15) is 10.2 Å². The SMILES string of the molecule is CC(C)c1ccnc2c(C(=O)Nc3cn(C4CCCCC4)nc3C(F)F)cnn12.CCC. The zero-order valence-electron chi connectivity index (χ0n) is 19.2. The molecule has 1 aliphatic carbocycles. The number of anilines is 1. The van der Waals surface area contributed by atoms with Gasteiger partial charge in [-0.05, 0) is 24.8 Å². The molecule has 1 fully saturated rings. The Balaban J connectivity index is 0.000000913. The van der Waals surface area contributed by atoms with Gasteiger partial charge >= 0.3 is 0 Å². The van der Waals surface area contributed by atoms with E-state index in [-0.39, 0.29) is 23.2 Å². The number of rotatable bonds is 5. The van der Waals surface area contributed by atoms with E-state index in [1.165, 1.54) is 18.8 Å². The largest absolute Gasteiger partial charge is 0.319 e. The van der Waals surface area contributed by atoms with E-state index in [1.807, 2.05) is 19.9 Å². The highest BCUT2D eigenvalue weighted by Gasteiger charge is 2.25. The van der Waals surface area contributed by atoms with Crippen LogP contribution in [0.5, 0.6) is 0 Å². The van der Waals surface area contributed by atoms with Gasteiger partial charge < -0.3 is 5.32 Å². The van der Waals surface area contributed by atoms with Crippen LogP contribution in [0.25, 0.3) is 5.65 Å². The van der Waals surface area contributed by atoms with E-state index in [0.717, 1.165) is 37.8 Å². The maximum atomic E-state index is 13.5. The predicted octanol–water partition coefficient (Wildman–Crippen LogP) is 6.16. The van der Waals surface area contributed by atoms with Crippen LogP contribution in [0.4, 0.5) is 14.5 Å². The average molecular weight is 447 g/mol. The van der Waals surface area contributed by atoms with Crippen molar-refractivity contribution in [3.63, 3.8) is 0 Å². The van der Waals surface area contributed by atoms with Gasteiger partial charge in [0, 0.05) is 18.1 Å². The number of hydrogen-bond acceptors (Lipinski definition) is 4. The van der Waals surface area contributed by atoms with Crippen molar-refractivity contribution in [3.8, 4) is 0 Å². The van der Waals surface area contributed by atoms with Crippen LogP contribution in [0.3, 0.4) is 0 Å². The molecular weight excluding hydrogens is 414 g/mol. The van der Waals surface area contributed by atoms with E-state index in [4.69, 9.17) is 0 Å². The number of hydrogen-bond donors (Lipinski definition) is 1. The molecular formula is C23H32F2N6O. The second-order valence-electron chi connectivity index (χ2n) is 8.48. The summed E-state index contributed by atoms with van der Waals surface area (Å²) in [5.41, 5.74) is 1.17. The first-order valence-electron chi connectivity index (χ1n) is 11.4. The van der Waals surface area contributed by atoms with Gasteiger partial charge in [0.25, 0.3) is 12.3 Å². The monoisotopic (exact) mass is 446 g/mol. The number of aromatic nitrogens is 5. The molecule has 0 aliphatic heterocycles. The molecule has 0 atom stereocenters. The van der Waals surface area contributed by atoms with Gasteiger partial charge in [0.2, 0.25) is 0 Å². The number of halogens is 2. The standard InChI is InChI=1S/C20H24F2N6O.C3H8/c1-12(2)16-8-9-23-19-14(10-24-28(16)19)20(29)25-15-11-27(26-17(15)18(21)22)13-6-4-3-5-7-13;1-3-2/h8-13,18H,3-7H2,1-2H3,(H,25,29);3H2,1-2H3. The zero-order valence-corrected chi connectivity index (χ0v) is 19.2. The summed E-state index contributed by atoms with van der Waals surface area (Å²) in [6, 6.07) is 1.94. The molecule has 7 nitrogen and oxygen atoms in total. The molecule has 0 spiro atoms. The maximum Gasteiger partial charge on any atom is 0.284 e. The Kier molecular flexibility index (Phi) is 7.93. The molecule has 3 aromatic heterocycles. The fourth-order valence-corrected chi connectivity index (χ4v) is 3.89. The van der Waals surface area contributed by atoms with Crippen LogP contribution in [0.2, 0.25) is 0 Å². The summed E-state index contributed by atoms with van der Waals surface area (Å²) in [5.74, 6) is -0.339. The van der Waals surface area contributed by atoms with Gasteiger partial charge in [0.1, 0.15) is 5.56 Å². The quantitative estimate of drug-likeness (QED) is 0.509. The number of alkyl halides is 2. The molecule has 1 saturated carbocycles. The highest BCUT2D eigenvalue weighted by atomic mass is 19.3. The molecule has 0 bridgehead atoms. The van der Waals surface area contributed by atoms with Crippen molar-refractivity contribution >= 4 is 17.2 Å². The van der Waals surface area contributed by atoms with Crippen molar-refractivity contribution in [1.29, 1.82) is 0 Å². The third-order valence-corrected chi connectivity index (χ3v) is 5.43. The van der Waals surface area contributed by atoms with Crippen molar-refractivity contribution in [1.82, 2.24) is 24.4 Å². The van der Waals surface area contributed by atoms with Crippen molar-refractivity contribution < 1.29 is 13.6 Å². The van der Waals surface area contributed by atoms with E-state index >= 15 is 0 Å². The number of fused-ring (bicyclic) bond motifs is 1. The topological polar surface area (TPSA) is 77.1 Å². The maximum absolute atomic E-state index is 13.5. The third-order valence-electron chi connectivity index (χ3n) is 5.43. The number of carbonyl (C=O) groups is 1. The molecule has 1 amide bonds. The molecule has 0 unspecified atom stereocenters. The zero-order chi connectivity index (χ0) is 23.3. The first-order valence-corrected chi connectivity index (χ1v) is 11.4. The molecule has 0 radical (unpaired) electrons. The highest BCUT2D eigenvalue weighted by Crippen LogP contribution is 2.32. The van der Waals surface area contributed by atoms with E-state index in [9.17, 15) is 13.6 Å². The van der Waals surface area contributed by atoms with Gasteiger partial charge in [-0.25, -0.2) is 18.3 Å². The van der Waals surface area contributed by atoms with Crippen LogP contribution in [0.15, 0.2) is 24.7 Å². The number of carbonyl (C=O) groups excluding carboxylic acids is 1. The van der Waals surface area contributed by atoms with Crippen molar-refractivity contribution in [2.45, 2.75) is 84.6 Å². The van der Waals surface area contributed by atoms with Gasteiger partial charge in [0.15, 0.2) is 11.3 Å². The minimum absolute atomic E-state index is 0.0370. The molecule has 1 aliphatic rings. The second-order valence-corrected chi connectivity index (χ2v) is 8.48. The minimum Gasteiger partial charge on any atom is -0.319 e. The second kappa shape index (κ2) is 10.7. The van der Waals surface area contributed by atoms with E-state index in [2.05, 4.69) is 34.3 Å². The summed E-state index contributed by atoms with van der Waals surface area (Å²) in [4.78, 5) is 17.1. The molecule has 3 aromatic rings.